The zero-order chi connectivity index (χ0) is 14.8. The van der Waals surface area contributed by atoms with E-state index in [1.807, 2.05) is 0 Å². The van der Waals surface area contributed by atoms with Crippen LogP contribution in [0.4, 0.5) is 13.2 Å². The van der Waals surface area contributed by atoms with Gasteiger partial charge < -0.3 is 10.0 Å². The van der Waals surface area contributed by atoms with Crippen LogP contribution in [-0.4, -0.2) is 50.1 Å². The molecule has 2 fully saturated rings. The van der Waals surface area contributed by atoms with Crippen LogP contribution in [0.5, 0.6) is 0 Å². The van der Waals surface area contributed by atoms with Crippen LogP contribution >= 0.6 is 11.8 Å². The SMILES string of the molecule is CC1(C)S[C@H]2N(C(=O)C2(N)OC(F)(F)F)[C@H]1C(=O)O. The van der Waals surface area contributed by atoms with Crippen LogP contribution in [0.2, 0.25) is 0 Å². The number of hydrogen-bond acceptors (Lipinski definition) is 5. The summed E-state index contributed by atoms with van der Waals surface area (Å²) in [5, 5.41) is 7.91. The average Bonchev–Trinajstić information content (AvgIpc) is 2.45. The van der Waals surface area contributed by atoms with E-state index in [0.717, 1.165) is 16.7 Å². The molecule has 1 amide bonds. The number of amides is 1. The van der Waals surface area contributed by atoms with Gasteiger partial charge in [0, 0.05) is 4.75 Å². The number of halogens is 3. The molecule has 3 atom stereocenters. The van der Waals surface area contributed by atoms with Gasteiger partial charge in [0.05, 0.1) is 0 Å². The Kier molecular flexibility index (Phi) is 2.86. The van der Waals surface area contributed by atoms with Crippen LogP contribution in [0.15, 0.2) is 0 Å². The van der Waals surface area contributed by atoms with Gasteiger partial charge in [0.2, 0.25) is 5.72 Å². The van der Waals surface area contributed by atoms with Crippen molar-refractivity contribution in [2.24, 2.45) is 5.73 Å². The maximum Gasteiger partial charge on any atom is 0.524 e. The molecule has 0 aromatic carbocycles. The molecule has 0 bridgehead atoms. The molecule has 2 saturated heterocycles. The minimum absolute atomic E-state index is 0.832. The van der Waals surface area contributed by atoms with Crippen LogP contribution in [0.25, 0.3) is 0 Å². The van der Waals surface area contributed by atoms with Gasteiger partial charge in [-0.1, -0.05) is 0 Å². The Morgan fingerprint density at radius 2 is 2.05 bits per heavy atom. The molecule has 6 nitrogen and oxygen atoms in total. The third kappa shape index (κ3) is 1.98. The van der Waals surface area contributed by atoms with E-state index in [9.17, 15) is 22.8 Å². The van der Waals surface area contributed by atoms with Crippen molar-refractivity contribution in [3.63, 3.8) is 0 Å². The highest BCUT2D eigenvalue weighted by Crippen LogP contribution is 2.55. The van der Waals surface area contributed by atoms with Crippen molar-refractivity contribution >= 4 is 23.6 Å². The van der Waals surface area contributed by atoms with Gasteiger partial charge in [0.1, 0.15) is 11.4 Å². The molecule has 108 valence electrons. The molecule has 2 aliphatic heterocycles. The van der Waals surface area contributed by atoms with E-state index in [1.54, 1.807) is 0 Å². The number of hydrogen-bond donors (Lipinski definition) is 2. The van der Waals surface area contributed by atoms with Gasteiger partial charge in [-0.15, -0.1) is 24.9 Å². The number of fused-ring (bicyclic) bond motifs is 1. The predicted molar refractivity (Wildman–Crippen MR) is 57.8 cm³/mol. The lowest BCUT2D eigenvalue weighted by molar-refractivity contribution is -0.373. The van der Waals surface area contributed by atoms with Crippen molar-refractivity contribution in [3.05, 3.63) is 0 Å². The highest BCUT2D eigenvalue weighted by Gasteiger charge is 2.73. The fourth-order valence-electron chi connectivity index (χ4n) is 2.34. The molecule has 0 spiro atoms. The summed E-state index contributed by atoms with van der Waals surface area (Å²) < 4.78 is 39.5. The topological polar surface area (TPSA) is 92.9 Å². The van der Waals surface area contributed by atoms with E-state index in [1.165, 1.54) is 13.8 Å². The molecule has 3 N–H and O–H groups in total. The third-order valence-electron chi connectivity index (χ3n) is 3.06. The number of carbonyl (C=O) groups excluding carboxylic acids is 1. The first-order chi connectivity index (χ1) is 8.40. The number of alkyl halides is 3. The third-order valence-corrected chi connectivity index (χ3v) is 4.69. The summed E-state index contributed by atoms with van der Waals surface area (Å²) in [5.41, 5.74) is 2.80. The van der Waals surface area contributed by atoms with E-state index < -0.39 is 40.1 Å². The Balaban J connectivity index is 2.30. The molecule has 0 aromatic rings. The van der Waals surface area contributed by atoms with Crippen molar-refractivity contribution < 1.29 is 32.6 Å². The second-order valence-electron chi connectivity index (χ2n) is 4.87. The molecule has 2 aliphatic rings. The molecule has 1 unspecified atom stereocenters. The molecular formula is C9H11F3N2O4S. The molecule has 10 heteroatoms. The zero-order valence-corrected chi connectivity index (χ0v) is 10.7. The minimum Gasteiger partial charge on any atom is -0.480 e. The molecular weight excluding hydrogens is 289 g/mol. The molecule has 2 heterocycles. The number of ether oxygens (including phenoxy) is 1. The summed E-state index contributed by atoms with van der Waals surface area (Å²) in [6, 6.07) is -1.23. The Morgan fingerprint density at radius 1 is 1.53 bits per heavy atom. The fraction of sp³-hybridized carbons (Fsp3) is 0.778. The number of rotatable bonds is 2. The predicted octanol–water partition coefficient (Wildman–Crippen LogP) is 0.325. The molecule has 19 heavy (non-hydrogen) atoms. The number of thioether (sulfide) groups is 1. The summed E-state index contributed by atoms with van der Waals surface area (Å²) in [6.07, 6.45) is -5.07. The van der Waals surface area contributed by atoms with Crippen LogP contribution < -0.4 is 5.73 Å². The molecule has 0 aromatic heterocycles. The van der Waals surface area contributed by atoms with Gasteiger partial charge in [-0.05, 0) is 13.8 Å². The number of carbonyl (C=O) groups is 2. The van der Waals surface area contributed by atoms with Crippen molar-refractivity contribution in [3.8, 4) is 0 Å². The summed E-state index contributed by atoms with van der Waals surface area (Å²) >= 11 is 0.880. The Morgan fingerprint density at radius 3 is 2.47 bits per heavy atom. The maximum absolute atomic E-state index is 12.3. The van der Waals surface area contributed by atoms with Crippen LogP contribution in [-0.2, 0) is 14.3 Å². The first-order valence-corrected chi connectivity index (χ1v) is 6.07. The normalized spacial score (nSPS) is 36.9. The summed E-state index contributed by atoms with van der Waals surface area (Å²) in [7, 11) is 0. The lowest BCUT2D eigenvalue weighted by atomic mass is 9.94. The Hall–Kier alpha value is -1.00. The van der Waals surface area contributed by atoms with Gasteiger partial charge in [0.15, 0.2) is 0 Å². The van der Waals surface area contributed by atoms with E-state index in [2.05, 4.69) is 4.74 Å². The fourth-order valence-corrected chi connectivity index (χ4v) is 3.91. The number of carboxylic acid groups (broad SMARTS) is 1. The molecule has 0 saturated carbocycles. The van der Waals surface area contributed by atoms with Crippen molar-refractivity contribution in [1.29, 1.82) is 0 Å². The largest absolute Gasteiger partial charge is 0.524 e. The maximum atomic E-state index is 12.3. The van der Waals surface area contributed by atoms with Crippen LogP contribution in [0.1, 0.15) is 13.8 Å². The van der Waals surface area contributed by atoms with Crippen LogP contribution in [0.3, 0.4) is 0 Å². The van der Waals surface area contributed by atoms with Crippen LogP contribution in [0, 0.1) is 0 Å². The van der Waals surface area contributed by atoms with Gasteiger partial charge in [-0.3, -0.25) is 15.3 Å². The number of aliphatic carboxylic acids is 1. The van der Waals surface area contributed by atoms with E-state index in [-0.39, 0.29) is 0 Å². The van der Waals surface area contributed by atoms with Gasteiger partial charge in [0.25, 0.3) is 5.91 Å². The lowest BCUT2D eigenvalue weighted by Gasteiger charge is -2.49. The van der Waals surface area contributed by atoms with Crippen molar-refractivity contribution in [2.45, 2.75) is 42.1 Å². The monoisotopic (exact) mass is 300 g/mol. The Bertz CT molecular complexity index is 455. The highest BCUT2D eigenvalue weighted by atomic mass is 32.2. The number of nitrogens with zero attached hydrogens (tertiary/aromatic N) is 1. The highest BCUT2D eigenvalue weighted by molar-refractivity contribution is 8.01. The number of nitrogens with two attached hydrogens (primary N) is 1. The quantitative estimate of drug-likeness (QED) is 0.564. The van der Waals surface area contributed by atoms with Crippen molar-refractivity contribution in [1.82, 2.24) is 4.90 Å². The first-order valence-electron chi connectivity index (χ1n) is 5.19. The molecule has 2 rings (SSSR count). The van der Waals surface area contributed by atoms with Gasteiger partial charge >= 0.3 is 12.3 Å². The molecule has 0 aliphatic carbocycles. The number of carboxylic acids is 1. The summed E-state index contributed by atoms with van der Waals surface area (Å²) in [4.78, 5) is 23.7. The van der Waals surface area contributed by atoms with E-state index in [0.29, 0.717) is 0 Å². The smallest absolute Gasteiger partial charge is 0.480 e. The van der Waals surface area contributed by atoms with Gasteiger partial charge in [-0.25, -0.2) is 4.79 Å². The lowest BCUT2D eigenvalue weighted by Crippen LogP contribution is -2.79. The number of β-lactam (4-membered cyclic amide) rings is 1. The first kappa shape index (κ1) is 14.4. The summed E-state index contributed by atoms with van der Waals surface area (Å²) in [5.74, 6) is -2.46. The minimum atomic E-state index is -5.07. The zero-order valence-electron chi connectivity index (χ0n) is 9.89. The molecule has 0 radical (unpaired) electrons. The van der Waals surface area contributed by atoms with E-state index >= 15 is 0 Å². The Labute approximate surface area is 110 Å². The average molecular weight is 300 g/mol. The van der Waals surface area contributed by atoms with Crippen molar-refractivity contribution in [2.75, 3.05) is 0 Å². The van der Waals surface area contributed by atoms with Gasteiger partial charge in [-0.2, -0.15) is 0 Å². The standard InChI is InChI=1S/C9H11F3N2O4S/c1-7(2)3(4(15)16)14-5(17)8(13,6(14)19-7)18-9(10,11)12/h3,6H,13H2,1-2H3,(H,15,16)/t3-,6+,8?/m0/s1. The summed E-state index contributed by atoms with van der Waals surface area (Å²) in [6.45, 7) is 3.05. The van der Waals surface area contributed by atoms with E-state index in [4.69, 9.17) is 10.8 Å². The second-order valence-corrected chi connectivity index (χ2v) is 6.60. The second kappa shape index (κ2) is 3.76.